The van der Waals surface area contributed by atoms with E-state index in [2.05, 4.69) is 0 Å². The number of ketones is 2. The van der Waals surface area contributed by atoms with Crippen LogP contribution in [-0.2, 0) is 19.2 Å². The first-order valence-corrected chi connectivity index (χ1v) is 11.5. The van der Waals surface area contributed by atoms with Gasteiger partial charge in [0, 0.05) is 22.6 Å². The number of fused-ring (bicyclic) bond motifs is 3. The average molecular weight is 476 g/mol. The van der Waals surface area contributed by atoms with Crippen LogP contribution in [0, 0.1) is 17.8 Å². The number of aliphatic hydroxyl groups is 1. The lowest BCUT2D eigenvalue weighted by molar-refractivity contribution is -0.136. The van der Waals surface area contributed by atoms with Crippen molar-refractivity contribution in [3.8, 4) is 5.75 Å². The van der Waals surface area contributed by atoms with Crippen LogP contribution in [0.5, 0.6) is 5.75 Å². The monoisotopic (exact) mass is 476 g/mol. The van der Waals surface area contributed by atoms with Gasteiger partial charge in [-0.25, -0.2) is 4.79 Å². The van der Waals surface area contributed by atoms with Gasteiger partial charge in [-0.2, -0.15) is 4.90 Å². The van der Waals surface area contributed by atoms with Crippen LogP contribution in [0.25, 0.3) is 0 Å². The predicted molar refractivity (Wildman–Crippen MR) is 122 cm³/mol. The zero-order valence-corrected chi connectivity index (χ0v) is 19.0. The number of likely N-dealkylation sites (tertiary alicyclic amines) is 1. The maximum atomic E-state index is 13.2. The van der Waals surface area contributed by atoms with Gasteiger partial charge in [-0.3, -0.25) is 19.2 Å². The fourth-order valence-corrected chi connectivity index (χ4v) is 5.90. The molecule has 0 aromatic heterocycles. The minimum atomic E-state index is -1.11. The first-order valence-electron chi connectivity index (χ1n) is 11.5. The van der Waals surface area contributed by atoms with Crippen molar-refractivity contribution in [2.75, 3.05) is 13.2 Å². The molecule has 9 nitrogen and oxygen atoms in total. The smallest absolute Gasteiger partial charge is 0.328 e. The Morgan fingerprint density at radius 2 is 1.83 bits per heavy atom. The second-order valence-corrected chi connectivity index (χ2v) is 9.22. The maximum absolute atomic E-state index is 13.2. The number of carbonyl (C=O) groups is 5. The van der Waals surface area contributed by atoms with Crippen molar-refractivity contribution >= 4 is 29.4 Å². The topological polar surface area (TPSA) is 144 Å². The summed E-state index contributed by atoms with van der Waals surface area (Å²) in [5.74, 6) is -3.90. The third-order valence-corrected chi connectivity index (χ3v) is 7.36. The second-order valence-electron chi connectivity index (χ2n) is 9.22. The molecule has 0 radical (unpaired) electrons. The normalized spacial score (nSPS) is 27.8. The van der Waals surface area contributed by atoms with Crippen LogP contribution < -0.4 is 10.5 Å². The molecule has 3 aliphatic carbocycles. The average Bonchev–Trinajstić information content (AvgIpc) is 3.10. The first kappa shape index (κ1) is 22.9. The molecule has 1 aromatic rings. The van der Waals surface area contributed by atoms with E-state index in [1.54, 1.807) is 31.2 Å². The summed E-state index contributed by atoms with van der Waals surface area (Å²) in [6.07, 6.45) is 3.59. The molecule has 5 rings (SSSR count). The van der Waals surface area contributed by atoms with Gasteiger partial charge >= 0.3 is 6.03 Å². The van der Waals surface area contributed by atoms with Gasteiger partial charge in [0.05, 0.1) is 18.4 Å². The lowest BCUT2D eigenvalue weighted by Crippen LogP contribution is -2.42. The maximum Gasteiger partial charge on any atom is 0.328 e. The van der Waals surface area contributed by atoms with E-state index in [9.17, 15) is 24.0 Å². The van der Waals surface area contributed by atoms with Crippen LogP contribution in [0.4, 0.5) is 4.79 Å². The van der Waals surface area contributed by atoms with E-state index in [4.69, 9.17) is 15.6 Å². The summed E-state index contributed by atoms with van der Waals surface area (Å²) < 4.78 is 5.44. The number of imide groups is 3. The molecule has 9 heteroatoms. The number of primary amides is 1. The Balaban J connectivity index is 1.62. The molecule has 4 atom stereocenters. The van der Waals surface area contributed by atoms with Crippen molar-refractivity contribution in [3.05, 3.63) is 64.3 Å². The van der Waals surface area contributed by atoms with Crippen molar-refractivity contribution in [2.45, 2.75) is 25.7 Å². The van der Waals surface area contributed by atoms with E-state index in [1.807, 2.05) is 6.08 Å². The third-order valence-electron chi connectivity index (χ3n) is 7.36. The number of amides is 4. The molecule has 1 aliphatic heterocycles. The largest absolute Gasteiger partial charge is 0.491 e. The predicted octanol–water partition coefficient (Wildman–Crippen LogP) is 1.57. The molecule has 1 aromatic carbocycles. The van der Waals surface area contributed by atoms with Gasteiger partial charge in [0.25, 0.3) is 0 Å². The number of hydrogen-bond donors (Lipinski definition) is 2. The van der Waals surface area contributed by atoms with Crippen molar-refractivity contribution in [2.24, 2.45) is 23.5 Å². The van der Waals surface area contributed by atoms with Crippen LogP contribution >= 0.6 is 0 Å². The minimum absolute atomic E-state index is 0.130. The molecule has 1 fully saturated rings. The van der Waals surface area contributed by atoms with Crippen molar-refractivity contribution in [1.29, 1.82) is 0 Å². The Labute approximate surface area is 200 Å². The summed E-state index contributed by atoms with van der Waals surface area (Å²) in [5.41, 5.74) is 7.90. The van der Waals surface area contributed by atoms with Gasteiger partial charge in [-0.1, -0.05) is 23.8 Å². The van der Waals surface area contributed by atoms with Crippen LogP contribution in [-0.4, -0.2) is 52.6 Å². The summed E-state index contributed by atoms with van der Waals surface area (Å²) in [7, 11) is 0. The summed E-state index contributed by atoms with van der Waals surface area (Å²) in [6.45, 7) is 1.59. The highest BCUT2D eigenvalue weighted by molar-refractivity contribution is 6.24. The molecular weight excluding hydrogens is 452 g/mol. The number of rotatable bonds is 4. The summed E-state index contributed by atoms with van der Waals surface area (Å²) in [6, 6.07) is 5.91. The molecule has 4 aliphatic rings. The van der Waals surface area contributed by atoms with Gasteiger partial charge in [0.1, 0.15) is 12.4 Å². The van der Waals surface area contributed by atoms with Gasteiger partial charge in [0.2, 0.25) is 11.8 Å². The standard InChI is InChI=1S/C26H24N2O7/c1-12-10-19(30)22-18(23(12)31)11-17-15(20(22)13-2-4-14(5-3-13)35-9-8-29)6-7-16-21(17)25(33)28(24(16)32)26(27)34/h2-6,10,16-17,20-21,29H,7-9,11H2,1H3,(H2,27,34). The Hall–Kier alpha value is -3.85. The number of hydrogen-bond acceptors (Lipinski definition) is 7. The van der Waals surface area contributed by atoms with Crippen LogP contribution in [0.2, 0.25) is 0 Å². The molecule has 35 heavy (non-hydrogen) atoms. The molecule has 4 unspecified atom stereocenters. The molecule has 180 valence electrons. The zero-order chi connectivity index (χ0) is 25.0. The highest BCUT2D eigenvalue weighted by Crippen LogP contribution is 2.55. The van der Waals surface area contributed by atoms with E-state index in [1.165, 1.54) is 6.08 Å². The van der Waals surface area contributed by atoms with Gasteiger partial charge in [-0.15, -0.1) is 0 Å². The van der Waals surface area contributed by atoms with Crippen LogP contribution in [0.3, 0.4) is 0 Å². The third kappa shape index (κ3) is 3.46. The number of carbonyl (C=O) groups excluding carboxylic acids is 5. The highest BCUT2D eigenvalue weighted by Gasteiger charge is 2.57. The fraction of sp³-hybridized carbons (Fsp3) is 0.346. The quantitative estimate of drug-likeness (QED) is 0.381. The molecule has 0 saturated carbocycles. The van der Waals surface area contributed by atoms with Gasteiger partial charge < -0.3 is 15.6 Å². The van der Waals surface area contributed by atoms with Crippen molar-refractivity contribution < 1.29 is 33.8 Å². The fourth-order valence-electron chi connectivity index (χ4n) is 5.90. The number of urea groups is 1. The number of benzene rings is 1. The summed E-state index contributed by atoms with van der Waals surface area (Å²) >= 11 is 0. The lowest BCUT2D eigenvalue weighted by Gasteiger charge is -2.42. The van der Waals surface area contributed by atoms with Gasteiger partial charge in [0.15, 0.2) is 11.6 Å². The number of Topliss-reactive ketones (excluding diaryl/α,β-unsaturated/α-hetero) is 1. The van der Waals surface area contributed by atoms with Crippen LogP contribution in [0.15, 0.2) is 58.7 Å². The zero-order valence-electron chi connectivity index (χ0n) is 19.0. The Morgan fingerprint density at radius 1 is 1.11 bits per heavy atom. The summed E-state index contributed by atoms with van der Waals surface area (Å²) in [5, 5.41) is 8.99. The molecule has 1 saturated heterocycles. The number of allylic oxidation sites excluding steroid dienone is 6. The summed E-state index contributed by atoms with van der Waals surface area (Å²) in [4.78, 5) is 64.6. The number of aliphatic hydroxyl groups excluding tert-OH is 1. The lowest BCUT2D eigenvalue weighted by atomic mass is 9.59. The van der Waals surface area contributed by atoms with E-state index in [0.717, 1.165) is 11.1 Å². The molecule has 0 spiro atoms. The Kier molecular flexibility index (Phi) is 5.52. The van der Waals surface area contributed by atoms with E-state index in [0.29, 0.717) is 27.4 Å². The SMILES string of the molecule is CC1=CC(=O)C2=C(CC3C(=CCC4C(=O)N(C(N)=O)C(=O)C43)C2c2ccc(OCCO)cc2)C1=O. The van der Waals surface area contributed by atoms with Crippen molar-refractivity contribution in [1.82, 2.24) is 4.90 Å². The van der Waals surface area contributed by atoms with Crippen molar-refractivity contribution in [3.63, 3.8) is 0 Å². The number of nitrogens with two attached hydrogens (primary N) is 1. The molecule has 0 bridgehead atoms. The number of ether oxygens (including phenoxy) is 1. The van der Waals surface area contributed by atoms with E-state index < -0.39 is 41.5 Å². The highest BCUT2D eigenvalue weighted by atomic mass is 16.5. The Bertz CT molecular complexity index is 1270. The van der Waals surface area contributed by atoms with E-state index in [-0.39, 0.29) is 37.6 Å². The van der Waals surface area contributed by atoms with Gasteiger partial charge in [-0.05, 0) is 49.5 Å². The second kappa shape index (κ2) is 8.42. The Morgan fingerprint density at radius 3 is 2.49 bits per heavy atom. The molecule has 4 amide bonds. The molecule has 1 heterocycles. The van der Waals surface area contributed by atoms with E-state index >= 15 is 0 Å². The molecule has 3 N–H and O–H groups in total. The number of nitrogens with zero attached hydrogens (tertiary/aromatic N) is 1. The molecular formula is C26H24N2O7. The minimum Gasteiger partial charge on any atom is -0.491 e. The first-order chi connectivity index (χ1) is 16.7. The van der Waals surface area contributed by atoms with Crippen LogP contribution in [0.1, 0.15) is 31.2 Å².